The number of rotatable bonds is 8. The zero-order valence-electron chi connectivity index (χ0n) is 38.7. The summed E-state index contributed by atoms with van der Waals surface area (Å²) in [5, 5.41) is 2.45. The number of ketones is 1. The van der Waals surface area contributed by atoms with Crippen LogP contribution in [-0.2, 0) is 62.4 Å². The molecule has 0 saturated carbocycles. The summed E-state index contributed by atoms with van der Waals surface area (Å²) in [6.07, 6.45) is -51.9. The summed E-state index contributed by atoms with van der Waals surface area (Å²) in [6.45, 7) is 2.52. The lowest BCUT2D eigenvalue weighted by Gasteiger charge is -2.46. The van der Waals surface area contributed by atoms with E-state index in [0.717, 1.165) is 12.0 Å². The number of pyridine rings is 1. The molecule has 78 heavy (non-hydrogen) atoms. The molecule has 416 valence electrons. The lowest BCUT2D eigenvalue weighted by atomic mass is 9.12. The van der Waals surface area contributed by atoms with Gasteiger partial charge >= 0.3 is 49.4 Å². The summed E-state index contributed by atoms with van der Waals surface area (Å²) in [5.41, 5.74) is -28.2. The molecule has 0 saturated heterocycles. The Morgan fingerprint density at radius 3 is 0.910 bits per heavy atom. The number of carbonyl (C=O) groups excluding carboxylic acids is 1. The zero-order chi connectivity index (χ0) is 58.6. The van der Waals surface area contributed by atoms with Crippen LogP contribution in [0.15, 0.2) is 140 Å². The normalized spacial score (nSPS) is 13.3. The zero-order valence-corrected chi connectivity index (χ0v) is 38.7. The maximum absolute atomic E-state index is 14.2. The molecule has 27 heteroatoms. The third kappa shape index (κ3) is 13.2. The van der Waals surface area contributed by atoms with E-state index in [2.05, 4.69) is 29.7 Å². The monoisotopic (exact) mass is 1140 g/mol. The van der Waals surface area contributed by atoms with Gasteiger partial charge < -0.3 is 0 Å². The summed E-state index contributed by atoms with van der Waals surface area (Å²) in [7, 11) is 0. The number of halogens is 24. The number of Topliss-reactive ketones (excluding diaryl/α,β-unsaturated/α-hetero) is 1. The van der Waals surface area contributed by atoms with Gasteiger partial charge in [-0.3, -0.25) is 4.79 Å². The Morgan fingerprint density at radius 1 is 0.372 bits per heavy atom. The van der Waals surface area contributed by atoms with Gasteiger partial charge in [0.25, 0.3) is 0 Å². The van der Waals surface area contributed by atoms with Crippen molar-refractivity contribution in [3.63, 3.8) is 0 Å². The van der Waals surface area contributed by atoms with E-state index in [9.17, 15) is 110 Å². The molecule has 0 bridgehead atoms. The van der Waals surface area contributed by atoms with Crippen molar-refractivity contribution in [1.29, 1.82) is 0 Å². The van der Waals surface area contributed by atoms with Crippen LogP contribution in [0.5, 0.6) is 0 Å². The summed E-state index contributed by atoms with van der Waals surface area (Å²) in [4.78, 5) is 12.4. The molecule has 0 atom stereocenters. The van der Waals surface area contributed by atoms with Gasteiger partial charge in [-0.2, -0.15) is 132 Å². The molecule has 1 heterocycles. The fourth-order valence-corrected chi connectivity index (χ4v) is 8.80. The third-order valence-electron chi connectivity index (χ3n) is 12.2. The van der Waals surface area contributed by atoms with Crippen molar-refractivity contribution in [2.24, 2.45) is 0 Å². The fraction of sp³-hybridized carbons (Fsp3) is 0.216. The molecule has 0 N–H and O–H groups in total. The molecule has 0 aliphatic rings. The molecule has 0 unspecified atom stereocenters. The molecular weight excluding hydrogens is 1110 g/mol. The van der Waals surface area contributed by atoms with Crippen LogP contribution in [0.2, 0.25) is 0 Å². The molecule has 1 aromatic heterocycles. The highest BCUT2D eigenvalue weighted by atomic mass is 19.4. The standard InChI is InChI=1S/C32H12BF24.C19H18NO/c34-25(35,36)13-1-14(26(37,38)39)6-21(5-13)33(22-7-15(27(40,41)42)2-16(8-22)28(43,44)45,23-9-17(29(46,47)48)3-18(10-23)30(49,50)51)24-11-19(31(52,53)54)4-20(12-24)32(55,56)57;1-2-18-17-11-7-6-8-15(17)12-13-20(18)14-19(21)16-9-4-3-5-10-16/h1-12H;3-13H,2,14H2,1H3/q-1;+1. The molecule has 0 fully saturated rings. The lowest BCUT2D eigenvalue weighted by Crippen LogP contribution is -2.75. The smallest absolute Gasteiger partial charge is 0.287 e. The van der Waals surface area contributed by atoms with Gasteiger partial charge in [0.2, 0.25) is 12.3 Å². The number of benzene rings is 6. The number of aromatic nitrogens is 1. The highest BCUT2D eigenvalue weighted by Gasteiger charge is 2.47. The van der Waals surface area contributed by atoms with E-state index in [4.69, 9.17) is 0 Å². The van der Waals surface area contributed by atoms with Crippen LogP contribution < -0.4 is 26.4 Å². The van der Waals surface area contributed by atoms with E-state index in [1.807, 2.05) is 48.7 Å². The van der Waals surface area contributed by atoms with E-state index in [-0.39, 0.29) is 5.78 Å². The average molecular weight is 1140 g/mol. The van der Waals surface area contributed by atoms with Gasteiger partial charge in [0.1, 0.15) is 6.15 Å². The molecule has 0 aliphatic carbocycles. The highest BCUT2D eigenvalue weighted by molar-refractivity contribution is 7.20. The molecule has 0 aliphatic heterocycles. The first kappa shape index (κ1) is 60.0. The Hall–Kier alpha value is -7.22. The number of hydrogen-bond donors (Lipinski definition) is 0. The summed E-state index contributed by atoms with van der Waals surface area (Å²) >= 11 is 0. The second-order valence-electron chi connectivity index (χ2n) is 17.3. The van der Waals surface area contributed by atoms with Crippen molar-refractivity contribution in [1.82, 2.24) is 0 Å². The number of aryl methyl sites for hydroxylation is 1. The maximum atomic E-state index is 14.2. The fourth-order valence-electron chi connectivity index (χ4n) is 8.80. The Morgan fingerprint density at radius 2 is 0.641 bits per heavy atom. The van der Waals surface area contributed by atoms with E-state index >= 15 is 0 Å². The first-order valence-corrected chi connectivity index (χ1v) is 21.9. The van der Waals surface area contributed by atoms with Crippen LogP contribution in [0, 0.1) is 0 Å². The first-order chi connectivity index (χ1) is 35.6. The molecule has 0 amide bonds. The second-order valence-corrected chi connectivity index (χ2v) is 17.3. The van der Waals surface area contributed by atoms with Crippen molar-refractivity contribution in [2.45, 2.75) is 69.3 Å². The predicted molar refractivity (Wildman–Crippen MR) is 234 cm³/mol. The molecule has 7 aromatic rings. The van der Waals surface area contributed by atoms with Crippen molar-refractivity contribution < 1.29 is 115 Å². The number of nitrogens with zero attached hydrogens (tertiary/aromatic N) is 1. The largest absolute Gasteiger partial charge is 0.416 e. The predicted octanol–water partition coefficient (Wildman–Crippen LogP) is 14.8. The Kier molecular flexibility index (Phi) is 16.1. The minimum absolute atomic E-state index is 0.144. The first-order valence-electron chi connectivity index (χ1n) is 21.9. The quantitative estimate of drug-likeness (QED) is 0.0643. The minimum atomic E-state index is -6.13. The van der Waals surface area contributed by atoms with Gasteiger partial charge in [0, 0.05) is 23.4 Å². The van der Waals surface area contributed by atoms with Crippen LogP contribution in [0.1, 0.15) is 67.5 Å². The SMILES string of the molecule is CCc1c2ccccc2cc[n+]1CC(=O)c1ccccc1.FC(F)(F)c1cc([B-](c2cc(C(F)(F)F)cc(C(F)(F)F)c2)(c2cc(C(F)(F)F)cc(C(F)(F)F)c2)c2cc(C(F)(F)F)cc(C(F)(F)F)c2)cc(C(F)(F)F)c1. The van der Waals surface area contributed by atoms with Gasteiger partial charge in [-0.15, -0.1) is 0 Å². The van der Waals surface area contributed by atoms with Gasteiger partial charge in [0.05, 0.1) is 44.5 Å². The molecule has 6 aromatic carbocycles. The Labute approximate surface area is 423 Å². The van der Waals surface area contributed by atoms with Crippen LogP contribution >= 0.6 is 0 Å². The van der Waals surface area contributed by atoms with Crippen LogP contribution in [0.3, 0.4) is 0 Å². The number of hydrogen-bond acceptors (Lipinski definition) is 1. The third-order valence-corrected chi connectivity index (χ3v) is 12.2. The van der Waals surface area contributed by atoms with E-state index in [1.165, 1.54) is 16.5 Å². The van der Waals surface area contributed by atoms with Crippen LogP contribution in [0.4, 0.5) is 105 Å². The average Bonchev–Trinajstić information content (AvgIpc) is 3.32. The Balaban J connectivity index is 0.000000387. The molecular formula is C51H30BF24NO. The van der Waals surface area contributed by atoms with Crippen molar-refractivity contribution >= 4 is 44.6 Å². The van der Waals surface area contributed by atoms with Crippen molar-refractivity contribution in [3.8, 4) is 0 Å². The summed E-state index contributed by atoms with van der Waals surface area (Å²) in [5.74, 6) is 0.144. The maximum Gasteiger partial charge on any atom is 0.416 e. The summed E-state index contributed by atoms with van der Waals surface area (Å²) in [6, 6.07) is 11.1. The number of fused-ring (bicyclic) bond motifs is 1. The van der Waals surface area contributed by atoms with Crippen molar-refractivity contribution in [3.05, 3.63) is 195 Å². The Bertz CT molecular complexity index is 2890. The molecule has 0 spiro atoms. The van der Waals surface area contributed by atoms with Gasteiger partial charge in [0.15, 0.2) is 11.9 Å². The second kappa shape index (κ2) is 20.9. The molecule has 2 nitrogen and oxygen atoms in total. The topological polar surface area (TPSA) is 20.9 Å². The van der Waals surface area contributed by atoms with E-state index in [0.29, 0.717) is 6.54 Å². The molecule has 7 rings (SSSR count). The van der Waals surface area contributed by atoms with E-state index in [1.54, 1.807) is 0 Å². The van der Waals surface area contributed by atoms with Crippen LogP contribution in [0.25, 0.3) is 10.8 Å². The van der Waals surface area contributed by atoms with Gasteiger partial charge in [-0.1, -0.05) is 104 Å². The van der Waals surface area contributed by atoms with E-state index < -0.39 is 195 Å². The minimum Gasteiger partial charge on any atom is -0.287 e. The lowest BCUT2D eigenvalue weighted by molar-refractivity contribution is -0.689. The van der Waals surface area contributed by atoms with Crippen molar-refractivity contribution in [2.75, 3.05) is 0 Å². The van der Waals surface area contributed by atoms with Gasteiger partial charge in [-0.25, -0.2) is 0 Å². The highest BCUT2D eigenvalue weighted by Crippen LogP contribution is 2.41. The molecule has 0 radical (unpaired) electrons. The summed E-state index contributed by atoms with van der Waals surface area (Å²) < 4.78 is 343. The number of alkyl halides is 24. The van der Waals surface area contributed by atoms with Gasteiger partial charge in [-0.05, 0) is 35.7 Å². The number of carbonyl (C=O) groups is 1. The van der Waals surface area contributed by atoms with Crippen LogP contribution in [-0.4, -0.2) is 11.9 Å².